The maximum atomic E-state index is 12.2. The van der Waals surface area contributed by atoms with E-state index in [9.17, 15) is 14.4 Å². The van der Waals surface area contributed by atoms with Crippen LogP contribution in [-0.2, 0) is 9.53 Å². The van der Waals surface area contributed by atoms with Gasteiger partial charge in [-0.25, -0.2) is 4.79 Å². The van der Waals surface area contributed by atoms with E-state index in [2.05, 4.69) is 4.99 Å². The van der Waals surface area contributed by atoms with Crippen LogP contribution in [0.5, 0.6) is 0 Å². The van der Waals surface area contributed by atoms with Gasteiger partial charge in [0.05, 0.1) is 24.8 Å². The highest BCUT2D eigenvalue weighted by Crippen LogP contribution is 2.21. The molecule has 0 spiro atoms. The first-order valence-electron chi connectivity index (χ1n) is 7.13. The van der Waals surface area contributed by atoms with E-state index in [0.717, 1.165) is 10.7 Å². The molecule has 1 aliphatic rings. The molecule has 7 heteroatoms. The number of methoxy groups -OCH3 is 1. The maximum Gasteiger partial charge on any atom is 0.330 e. The first-order valence-corrected chi connectivity index (χ1v) is 8.53. The molecule has 1 unspecified atom stereocenters. The van der Waals surface area contributed by atoms with Crippen LogP contribution < -0.4 is 0 Å². The molecule has 6 nitrogen and oxygen atoms in total. The minimum atomic E-state index is -0.609. The number of carbonyl (C=O) groups is 3. The van der Waals surface area contributed by atoms with E-state index in [4.69, 9.17) is 4.74 Å². The van der Waals surface area contributed by atoms with Gasteiger partial charge < -0.3 is 4.74 Å². The molecule has 0 fully saturated rings. The topological polar surface area (TPSA) is 76.0 Å². The molecule has 122 valence electrons. The van der Waals surface area contributed by atoms with Crippen LogP contribution in [0.1, 0.15) is 27.1 Å². The summed E-state index contributed by atoms with van der Waals surface area (Å²) >= 11 is 1.61. The van der Waals surface area contributed by atoms with E-state index < -0.39 is 12.0 Å². The second-order valence-corrected chi connectivity index (χ2v) is 5.90. The molecule has 2 rings (SSSR count). The number of nitrogens with zero attached hydrogens (tertiary/aromatic N) is 2. The zero-order valence-corrected chi connectivity index (χ0v) is 13.8. The molecule has 1 heterocycles. The Kier molecular flexibility index (Phi) is 5.92. The predicted octanol–water partition coefficient (Wildman–Crippen LogP) is 1.65. The molecule has 0 N–H and O–H groups in total. The zero-order valence-electron chi connectivity index (χ0n) is 13.0. The Bertz CT molecular complexity index is 610. The highest BCUT2D eigenvalue weighted by molar-refractivity contribution is 7.98. The summed E-state index contributed by atoms with van der Waals surface area (Å²) in [6, 6.07) is 6.09. The second-order valence-electron chi connectivity index (χ2n) is 4.92. The van der Waals surface area contributed by atoms with Crippen LogP contribution in [0.25, 0.3) is 0 Å². The van der Waals surface area contributed by atoms with Crippen molar-refractivity contribution in [2.75, 3.05) is 25.7 Å². The van der Waals surface area contributed by atoms with Gasteiger partial charge in [-0.05, 0) is 30.6 Å². The molecular formula is C16H18N2O4S. The molecule has 0 radical (unpaired) electrons. The van der Waals surface area contributed by atoms with Gasteiger partial charge in [0.15, 0.2) is 0 Å². The number of carbonyl (C=O) groups excluding carboxylic acids is 3. The summed E-state index contributed by atoms with van der Waals surface area (Å²) < 4.78 is 4.72. The number of fused-ring (bicyclic) bond motifs is 1. The van der Waals surface area contributed by atoms with Gasteiger partial charge in [0.25, 0.3) is 11.8 Å². The van der Waals surface area contributed by atoms with Gasteiger partial charge in [0.1, 0.15) is 6.04 Å². The van der Waals surface area contributed by atoms with Crippen LogP contribution in [-0.4, -0.2) is 60.6 Å². The number of benzene rings is 1. The molecule has 1 aliphatic heterocycles. The molecule has 0 aromatic heterocycles. The molecule has 0 bridgehead atoms. The smallest absolute Gasteiger partial charge is 0.330 e. The molecular weight excluding hydrogens is 316 g/mol. The van der Waals surface area contributed by atoms with Gasteiger partial charge in [-0.2, -0.15) is 11.8 Å². The Labute approximate surface area is 138 Å². The number of aliphatic imine (C=N–C) groups is 1. The first-order chi connectivity index (χ1) is 11.1. The van der Waals surface area contributed by atoms with Gasteiger partial charge in [0.2, 0.25) is 0 Å². The fourth-order valence-corrected chi connectivity index (χ4v) is 2.74. The van der Waals surface area contributed by atoms with Crippen molar-refractivity contribution in [1.82, 2.24) is 4.90 Å². The maximum absolute atomic E-state index is 12.2. The first kappa shape index (κ1) is 17.2. The lowest BCUT2D eigenvalue weighted by molar-refractivity contribution is -0.142. The number of hydrogen-bond donors (Lipinski definition) is 0. The molecule has 0 saturated heterocycles. The standard InChI is InChI=1S/C16H18N2O4S/c1-22-16(21)13(7-10-23-2)17-8-9-18-14(19)11-5-3-4-6-12(11)15(18)20/h3-6,8,13H,7,9-10H2,1-2H3. The highest BCUT2D eigenvalue weighted by atomic mass is 32.2. The Balaban J connectivity index is 2.04. The SMILES string of the molecule is COC(=O)C(CCSC)N=CCN1C(=O)c2ccccc2C1=O. The van der Waals surface area contributed by atoms with Crippen molar-refractivity contribution in [2.24, 2.45) is 4.99 Å². The van der Waals surface area contributed by atoms with E-state index >= 15 is 0 Å². The minimum absolute atomic E-state index is 0.0408. The average Bonchev–Trinajstić information content (AvgIpc) is 2.82. The van der Waals surface area contributed by atoms with Gasteiger partial charge >= 0.3 is 5.97 Å². The summed E-state index contributed by atoms with van der Waals surface area (Å²) in [5, 5.41) is 0. The lowest BCUT2D eigenvalue weighted by Crippen LogP contribution is -2.32. The minimum Gasteiger partial charge on any atom is -0.467 e. The van der Waals surface area contributed by atoms with Crippen molar-refractivity contribution >= 4 is 35.8 Å². The van der Waals surface area contributed by atoms with Crippen LogP contribution >= 0.6 is 11.8 Å². The van der Waals surface area contributed by atoms with E-state index in [1.54, 1.807) is 36.0 Å². The van der Waals surface area contributed by atoms with Crippen LogP contribution in [0.15, 0.2) is 29.3 Å². The normalized spacial score (nSPS) is 15.1. The van der Waals surface area contributed by atoms with E-state index in [1.165, 1.54) is 13.3 Å². The van der Waals surface area contributed by atoms with Crippen molar-refractivity contribution in [1.29, 1.82) is 0 Å². The fraction of sp³-hybridized carbons (Fsp3) is 0.375. The molecule has 23 heavy (non-hydrogen) atoms. The van der Waals surface area contributed by atoms with E-state index in [-0.39, 0.29) is 18.4 Å². The fourth-order valence-electron chi connectivity index (χ4n) is 2.28. The Morgan fingerprint density at radius 2 is 1.91 bits per heavy atom. The summed E-state index contributed by atoms with van der Waals surface area (Å²) in [6.45, 7) is 0.0408. The Morgan fingerprint density at radius 3 is 2.43 bits per heavy atom. The molecule has 0 saturated carbocycles. The lowest BCUT2D eigenvalue weighted by Gasteiger charge is -2.12. The largest absolute Gasteiger partial charge is 0.467 e. The van der Waals surface area contributed by atoms with Crippen molar-refractivity contribution in [3.05, 3.63) is 35.4 Å². The number of hydrogen-bond acceptors (Lipinski definition) is 6. The van der Waals surface area contributed by atoms with Crippen molar-refractivity contribution < 1.29 is 19.1 Å². The third-order valence-corrected chi connectivity index (χ3v) is 4.14. The number of esters is 1. The van der Waals surface area contributed by atoms with Gasteiger partial charge in [-0.1, -0.05) is 12.1 Å². The molecule has 0 aliphatic carbocycles. The molecule has 1 atom stereocenters. The number of rotatable bonds is 7. The monoisotopic (exact) mass is 334 g/mol. The number of ether oxygens (including phenoxy) is 1. The number of amides is 2. The van der Waals surface area contributed by atoms with E-state index in [1.807, 2.05) is 6.26 Å². The molecule has 2 amide bonds. The average molecular weight is 334 g/mol. The van der Waals surface area contributed by atoms with Crippen molar-refractivity contribution in [3.63, 3.8) is 0 Å². The summed E-state index contributed by atoms with van der Waals surface area (Å²) in [7, 11) is 1.31. The van der Waals surface area contributed by atoms with Crippen LogP contribution in [0, 0.1) is 0 Å². The number of imide groups is 1. The third-order valence-electron chi connectivity index (χ3n) is 3.50. The Hall–Kier alpha value is -2.15. The lowest BCUT2D eigenvalue weighted by atomic mass is 10.1. The quantitative estimate of drug-likeness (QED) is 0.430. The van der Waals surface area contributed by atoms with E-state index in [0.29, 0.717) is 17.5 Å². The molecule has 1 aromatic carbocycles. The summed E-state index contributed by atoms with van der Waals surface area (Å²) in [6.07, 6.45) is 3.92. The van der Waals surface area contributed by atoms with Gasteiger partial charge in [0, 0.05) is 6.21 Å². The molecule has 1 aromatic rings. The third kappa shape index (κ3) is 3.79. The summed E-state index contributed by atoms with van der Waals surface area (Å²) in [5.41, 5.74) is 0.801. The van der Waals surface area contributed by atoms with Crippen molar-refractivity contribution in [3.8, 4) is 0 Å². The predicted molar refractivity (Wildman–Crippen MR) is 89.1 cm³/mol. The summed E-state index contributed by atoms with van der Waals surface area (Å²) in [5.74, 6) is -0.325. The zero-order chi connectivity index (χ0) is 16.8. The van der Waals surface area contributed by atoms with Gasteiger partial charge in [-0.3, -0.25) is 19.5 Å². The van der Waals surface area contributed by atoms with Crippen LogP contribution in [0.3, 0.4) is 0 Å². The van der Waals surface area contributed by atoms with Crippen LogP contribution in [0.4, 0.5) is 0 Å². The summed E-state index contributed by atoms with van der Waals surface area (Å²) in [4.78, 5) is 41.3. The van der Waals surface area contributed by atoms with Crippen LogP contribution in [0.2, 0.25) is 0 Å². The highest BCUT2D eigenvalue weighted by Gasteiger charge is 2.34. The van der Waals surface area contributed by atoms with Crippen molar-refractivity contribution in [2.45, 2.75) is 12.5 Å². The number of thioether (sulfide) groups is 1. The second kappa shape index (κ2) is 7.92. The Morgan fingerprint density at radius 1 is 1.30 bits per heavy atom. The van der Waals surface area contributed by atoms with Gasteiger partial charge in [-0.15, -0.1) is 0 Å².